The summed E-state index contributed by atoms with van der Waals surface area (Å²) in [4.78, 5) is 4.64. The molecule has 3 nitrogen and oxygen atoms in total. The largest absolute Gasteiger partial charge is 0.313 e. The van der Waals surface area contributed by atoms with Crippen molar-refractivity contribution in [3.05, 3.63) is 41.7 Å². The first-order chi connectivity index (χ1) is 8.24. The van der Waals surface area contributed by atoms with Crippen molar-refractivity contribution in [2.24, 2.45) is 7.05 Å². The number of para-hydroxylation sites is 2. The number of allylic oxidation sites excluding steroid dienone is 1. The topological polar surface area (TPSA) is 22.2 Å². The molecule has 3 rings (SSSR count). The van der Waals surface area contributed by atoms with Gasteiger partial charge in [0, 0.05) is 7.05 Å². The van der Waals surface area contributed by atoms with Crippen molar-refractivity contribution in [3.63, 3.8) is 0 Å². The quantitative estimate of drug-likeness (QED) is 0.623. The van der Waals surface area contributed by atoms with Crippen molar-refractivity contribution in [1.29, 1.82) is 0 Å². The molecule has 3 aromatic rings. The van der Waals surface area contributed by atoms with Gasteiger partial charge in [0.15, 0.2) is 0 Å². The fourth-order valence-electron chi connectivity index (χ4n) is 2.39. The van der Waals surface area contributed by atoms with Gasteiger partial charge in [-0.05, 0) is 32.1 Å². The Balaban J connectivity index is 2.58. The van der Waals surface area contributed by atoms with Crippen LogP contribution < -0.4 is 0 Å². The number of hydrogen-bond acceptors (Lipinski definition) is 1. The van der Waals surface area contributed by atoms with Crippen LogP contribution in [0.4, 0.5) is 0 Å². The van der Waals surface area contributed by atoms with Gasteiger partial charge in [-0.3, -0.25) is 4.40 Å². The van der Waals surface area contributed by atoms with Crippen molar-refractivity contribution >= 4 is 22.9 Å². The van der Waals surface area contributed by atoms with E-state index in [-0.39, 0.29) is 0 Å². The highest BCUT2D eigenvalue weighted by Crippen LogP contribution is 2.23. The van der Waals surface area contributed by atoms with Crippen molar-refractivity contribution in [2.75, 3.05) is 0 Å². The van der Waals surface area contributed by atoms with Gasteiger partial charge >= 0.3 is 0 Å². The van der Waals surface area contributed by atoms with E-state index >= 15 is 0 Å². The summed E-state index contributed by atoms with van der Waals surface area (Å²) in [5.74, 6) is 0.997. The van der Waals surface area contributed by atoms with Gasteiger partial charge in [-0.1, -0.05) is 18.2 Å². The van der Waals surface area contributed by atoms with E-state index in [2.05, 4.69) is 64.3 Å². The van der Waals surface area contributed by atoms with Crippen LogP contribution in [0.3, 0.4) is 0 Å². The van der Waals surface area contributed by atoms with Crippen LogP contribution in [-0.2, 0) is 7.05 Å². The third-order valence-electron chi connectivity index (χ3n) is 3.19. The zero-order chi connectivity index (χ0) is 12.0. The molecule has 0 spiro atoms. The second kappa shape index (κ2) is 3.48. The molecule has 1 aromatic carbocycles. The van der Waals surface area contributed by atoms with E-state index in [1.54, 1.807) is 0 Å². The maximum absolute atomic E-state index is 4.64. The van der Waals surface area contributed by atoms with E-state index < -0.39 is 0 Å². The maximum atomic E-state index is 4.64. The summed E-state index contributed by atoms with van der Waals surface area (Å²) in [6.07, 6.45) is 4.17. The zero-order valence-electron chi connectivity index (χ0n) is 10.3. The number of hydrogen-bond donors (Lipinski definition) is 0. The highest BCUT2D eigenvalue weighted by Gasteiger charge is 2.13. The summed E-state index contributed by atoms with van der Waals surface area (Å²) in [6, 6.07) is 8.38. The van der Waals surface area contributed by atoms with E-state index in [0.717, 1.165) is 11.5 Å². The fraction of sp³-hybridized carbons (Fsp3) is 0.214. The van der Waals surface area contributed by atoms with Gasteiger partial charge < -0.3 is 4.57 Å². The van der Waals surface area contributed by atoms with Crippen molar-refractivity contribution in [2.45, 2.75) is 13.8 Å². The average molecular weight is 225 g/mol. The highest BCUT2D eigenvalue weighted by molar-refractivity contribution is 5.82. The van der Waals surface area contributed by atoms with Crippen LogP contribution in [0.15, 0.2) is 30.3 Å². The lowest BCUT2D eigenvalue weighted by Gasteiger charge is -1.96. The van der Waals surface area contributed by atoms with E-state index in [0.29, 0.717) is 0 Å². The smallest absolute Gasteiger partial charge is 0.215 e. The van der Waals surface area contributed by atoms with Crippen LogP contribution in [-0.4, -0.2) is 14.0 Å². The molecule has 0 atom stereocenters. The molecule has 3 heteroatoms. The van der Waals surface area contributed by atoms with Crippen LogP contribution in [0.2, 0.25) is 0 Å². The lowest BCUT2D eigenvalue weighted by molar-refractivity contribution is 0.967. The molecule has 2 aromatic heterocycles. The highest BCUT2D eigenvalue weighted by atomic mass is 15.2. The first-order valence-electron chi connectivity index (χ1n) is 5.79. The Bertz CT molecular complexity index is 729. The van der Waals surface area contributed by atoms with Gasteiger partial charge in [-0.2, -0.15) is 0 Å². The molecule has 0 aliphatic rings. The van der Waals surface area contributed by atoms with Crippen LogP contribution in [0, 0.1) is 6.92 Å². The van der Waals surface area contributed by atoms with Gasteiger partial charge in [0.05, 0.1) is 22.4 Å². The Labute approximate surface area is 100 Å². The van der Waals surface area contributed by atoms with Gasteiger partial charge in [0.25, 0.3) is 0 Å². The molecule has 0 radical (unpaired) electrons. The normalized spacial score (nSPS) is 12.2. The second-order valence-corrected chi connectivity index (χ2v) is 4.27. The molecular weight excluding hydrogens is 210 g/mol. The number of nitrogens with zero attached hydrogens (tertiary/aromatic N) is 3. The predicted molar refractivity (Wildman–Crippen MR) is 71.1 cm³/mol. The molecule has 0 N–H and O–H groups in total. The molecule has 86 valence electrons. The number of fused-ring (bicyclic) bond motifs is 3. The average Bonchev–Trinajstić information content (AvgIpc) is 2.79. The standard InChI is InChI=1S/C14H15N3/c1-4-7-11-10(2)15-14-16(3)12-8-5-6-9-13(12)17(11)14/h4-9H,1-3H3/b7-4-. The minimum absolute atomic E-state index is 0.997. The van der Waals surface area contributed by atoms with E-state index in [9.17, 15) is 0 Å². The van der Waals surface area contributed by atoms with Crippen molar-refractivity contribution < 1.29 is 0 Å². The molecule has 0 fully saturated rings. The number of imidazole rings is 2. The molecule has 0 saturated carbocycles. The molecule has 0 aliphatic heterocycles. The Morgan fingerprint density at radius 1 is 1.18 bits per heavy atom. The Morgan fingerprint density at radius 2 is 1.88 bits per heavy atom. The van der Waals surface area contributed by atoms with Crippen LogP contribution in [0.25, 0.3) is 22.9 Å². The van der Waals surface area contributed by atoms with Crippen LogP contribution in [0.1, 0.15) is 18.3 Å². The summed E-state index contributed by atoms with van der Waals surface area (Å²) < 4.78 is 4.35. The Morgan fingerprint density at radius 3 is 2.59 bits per heavy atom. The maximum Gasteiger partial charge on any atom is 0.215 e. The molecule has 0 saturated heterocycles. The first-order valence-corrected chi connectivity index (χ1v) is 5.79. The molecule has 17 heavy (non-hydrogen) atoms. The first kappa shape index (κ1) is 10.1. The van der Waals surface area contributed by atoms with Crippen LogP contribution >= 0.6 is 0 Å². The van der Waals surface area contributed by atoms with E-state index in [1.165, 1.54) is 16.7 Å². The van der Waals surface area contributed by atoms with Gasteiger partial charge in [-0.15, -0.1) is 0 Å². The number of aryl methyl sites for hydroxylation is 2. The monoisotopic (exact) mass is 225 g/mol. The van der Waals surface area contributed by atoms with Gasteiger partial charge in [0.2, 0.25) is 5.78 Å². The van der Waals surface area contributed by atoms with Crippen molar-refractivity contribution in [3.8, 4) is 0 Å². The fourth-order valence-corrected chi connectivity index (χ4v) is 2.39. The van der Waals surface area contributed by atoms with Gasteiger partial charge in [0.1, 0.15) is 0 Å². The zero-order valence-corrected chi connectivity index (χ0v) is 10.3. The van der Waals surface area contributed by atoms with Crippen LogP contribution in [0.5, 0.6) is 0 Å². The number of aromatic nitrogens is 3. The molecular formula is C14H15N3. The van der Waals surface area contributed by atoms with Gasteiger partial charge in [-0.25, -0.2) is 4.98 Å². The van der Waals surface area contributed by atoms with E-state index in [1.807, 2.05) is 6.92 Å². The second-order valence-electron chi connectivity index (χ2n) is 4.27. The third-order valence-corrected chi connectivity index (χ3v) is 3.19. The summed E-state index contributed by atoms with van der Waals surface area (Å²) in [7, 11) is 2.06. The number of benzene rings is 1. The molecule has 0 bridgehead atoms. The minimum Gasteiger partial charge on any atom is -0.313 e. The molecule has 0 amide bonds. The number of rotatable bonds is 1. The Hall–Kier alpha value is -2.03. The SMILES string of the molecule is C/C=C\c1c(C)nc2n(C)c3ccccc3n12. The molecule has 0 unspecified atom stereocenters. The van der Waals surface area contributed by atoms with Crippen molar-refractivity contribution in [1.82, 2.24) is 14.0 Å². The predicted octanol–water partition coefficient (Wildman–Crippen LogP) is 3.17. The summed E-state index contributed by atoms with van der Waals surface area (Å²) in [6.45, 7) is 4.08. The Kier molecular flexibility index (Phi) is 2.08. The third kappa shape index (κ3) is 1.25. The molecule has 2 heterocycles. The lowest BCUT2D eigenvalue weighted by atomic mass is 10.3. The summed E-state index contributed by atoms with van der Waals surface area (Å²) >= 11 is 0. The summed E-state index contributed by atoms with van der Waals surface area (Å²) in [5, 5.41) is 0. The lowest BCUT2D eigenvalue weighted by Crippen LogP contribution is -1.88. The minimum atomic E-state index is 0.997. The molecule has 0 aliphatic carbocycles. The van der Waals surface area contributed by atoms with E-state index in [4.69, 9.17) is 0 Å². The summed E-state index contributed by atoms with van der Waals surface area (Å²) in [5.41, 5.74) is 4.65.